The molecule has 0 radical (unpaired) electrons. The van der Waals surface area contributed by atoms with E-state index in [4.69, 9.17) is 0 Å². The van der Waals surface area contributed by atoms with Gasteiger partial charge in [-0.2, -0.15) is 0 Å². The molecule has 0 saturated heterocycles. The van der Waals surface area contributed by atoms with Gasteiger partial charge < -0.3 is 4.74 Å². The molecule has 0 aromatic carbocycles. The first-order valence-electron chi connectivity index (χ1n) is 3.85. The molecule has 6 heteroatoms. The van der Waals surface area contributed by atoms with Crippen LogP contribution in [-0.4, -0.2) is 29.6 Å². The highest BCUT2D eigenvalue weighted by molar-refractivity contribution is 5.68. The van der Waals surface area contributed by atoms with E-state index in [0.717, 1.165) is 0 Å². The fourth-order valence-electron chi connectivity index (χ4n) is 1.14. The lowest BCUT2D eigenvalue weighted by Gasteiger charge is -2.19. The normalized spacial score (nSPS) is 16.4. The third kappa shape index (κ3) is 2.17. The van der Waals surface area contributed by atoms with Gasteiger partial charge in [0.2, 0.25) is 0 Å². The van der Waals surface area contributed by atoms with Crippen molar-refractivity contribution in [3.05, 3.63) is 22.0 Å². The second-order valence-corrected chi connectivity index (χ2v) is 2.64. The predicted molar refractivity (Wildman–Crippen MR) is 43.4 cm³/mol. The maximum atomic E-state index is 11.0. The molecule has 0 aliphatic carbocycles. The van der Waals surface area contributed by atoms with Crippen LogP contribution in [0.15, 0.2) is 11.9 Å². The van der Waals surface area contributed by atoms with Crippen molar-refractivity contribution in [2.24, 2.45) is 0 Å². The molecule has 1 aliphatic rings. The number of amides is 1. The highest BCUT2D eigenvalue weighted by Gasteiger charge is 2.22. The van der Waals surface area contributed by atoms with Gasteiger partial charge in [-0.05, 0) is 6.42 Å². The Morgan fingerprint density at radius 3 is 3.00 bits per heavy atom. The summed E-state index contributed by atoms with van der Waals surface area (Å²) in [6.07, 6.45) is 1.68. The van der Waals surface area contributed by atoms with Crippen molar-refractivity contribution >= 4 is 6.09 Å². The van der Waals surface area contributed by atoms with Gasteiger partial charge in [0.25, 0.3) is 5.70 Å². The number of hydrogen-bond acceptors (Lipinski definition) is 4. The Morgan fingerprint density at radius 2 is 2.46 bits per heavy atom. The smallest absolute Gasteiger partial charge is 0.413 e. The summed E-state index contributed by atoms with van der Waals surface area (Å²) in [7, 11) is 1.25. The van der Waals surface area contributed by atoms with E-state index in [0.29, 0.717) is 19.4 Å². The SMILES string of the molecule is COC(=O)N1C=C([N+](=O)[O-])CCC1. The van der Waals surface area contributed by atoms with Crippen molar-refractivity contribution in [3.63, 3.8) is 0 Å². The van der Waals surface area contributed by atoms with Gasteiger partial charge in [0, 0.05) is 13.0 Å². The minimum atomic E-state index is -0.556. The number of ether oxygens (including phenoxy) is 1. The zero-order valence-electron chi connectivity index (χ0n) is 7.23. The standard InChI is InChI=1S/C7H10N2O4/c1-13-7(10)8-4-2-3-6(5-8)9(11)12/h5H,2-4H2,1H3. The Kier molecular flexibility index (Phi) is 2.84. The van der Waals surface area contributed by atoms with Gasteiger partial charge >= 0.3 is 6.09 Å². The molecule has 0 aromatic rings. The second kappa shape index (κ2) is 3.88. The summed E-state index contributed by atoms with van der Waals surface area (Å²) in [6, 6.07) is 0. The second-order valence-electron chi connectivity index (χ2n) is 2.64. The van der Waals surface area contributed by atoms with Gasteiger partial charge in [-0.15, -0.1) is 0 Å². The lowest BCUT2D eigenvalue weighted by Crippen LogP contribution is -2.30. The largest absolute Gasteiger partial charge is 0.452 e. The van der Waals surface area contributed by atoms with Crippen LogP contribution < -0.4 is 0 Å². The Bertz CT molecular complexity index is 261. The zero-order valence-corrected chi connectivity index (χ0v) is 7.23. The predicted octanol–water partition coefficient (Wildman–Crippen LogP) is 0.967. The highest BCUT2D eigenvalue weighted by Crippen LogP contribution is 2.15. The zero-order chi connectivity index (χ0) is 9.84. The summed E-state index contributed by atoms with van der Waals surface area (Å²) in [6.45, 7) is 0.476. The summed E-state index contributed by atoms with van der Waals surface area (Å²) in [4.78, 5) is 22.1. The Morgan fingerprint density at radius 1 is 1.77 bits per heavy atom. The van der Waals surface area contributed by atoms with Gasteiger partial charge in [-0.25, -0.2) is 4.79 Å². The van der Waals surface area contributed by atoms with Crippen molar-refractivity contribution in [3.8, 4) is 0 Å². The molecule has 0 saturated carbocycles. The quantitative estimate of drug-likeness (QED) is 0.451. The number of allylic oxidation sites excluding steroid dienone is 1. The number of nitro groups is 1. The summed E-state index contributed by atoms with van der Waals surface area (Å²) in [5, 5.41) is 10.4. The number of methoxy groups -OCH3 is 1. The minimum Gasteiger partial charge on any atom is -0.452 e. The summed E-state index contributed by atoms with van der Waals surface area (Å²) in [5.74, 6) is 0. The van der Waals surface area contributed by atoms with Crippen LogP contribution in [0.2, 0.25) is 0 Å². The molecule has 0 N–H and O–H groups in total. The monoisotopic (exact) mass is 186 g/mol. The first-order chi connectivity index (χ1) is 6.15. The number of hydrogen-bond donors (Lipinski definition) is 0. The lowest BCUT2D eigenvalue weighted by molar-refractivity contribution is -0.429. The molecule has 13 heavy (non-hydrogen) atoms. The first-order valence-corrected chi connectivity index (χ1v) is 3.85. The Labute approximate surface area is 74.9 Å². The number of carbonyl (C=O) groups excluding carboxylic acids is 1. The number of carbonyl (C=O) groups is 1. The molecular formula is C7H10N2O4. The summed E-state index contributed by atoms with van der Waals surface area (Å²) >= 11 is 0. The van der Waals surface area contributed by atoms with E-state index in [1.54, 1.807) is 0 Å². The van der Waals surface area contributed by atoms with Gasteiger partial charge in [0.05, 0.1) is 18.2 Å². The third-order valence-corrected chi connectivity index (χ3v) is 1.78. The maximum absolute atomic E-state index is 11.0. The fourth-order valence-corrected chi connectivity index (χ4v) is 1.14. The van der Waals surface area contributed by atoms with E-state index < -0.39 is 11.0 Å². The molecule has 1 amide bonds. The summed E-state index contributed by atoms with van der Waals surface area (Å²) in [5.41, 5.74) is 0.0525. The molecular weight excluding hydrogens is 176 g/mol. The van der Waals surface area contributed by atoms with Crippen LogP contribution in [0.1, 0.15) is 12.8 Å². The van der Waals surface area contributed by atoms with Crippen LogP contribution in [0.3, 0.4) is 0 Å². The van der Waals surface area contributed by atoms with Gasteiger partial charge in [0.15, 0.2) is 0 Å². The molecule has 1 heterocycles. The highest BCUT2D eigenvalue weighted by atomic mass is 16.6. The lowest BCUT2D eigenvalue weighted by atomic mass is 10.2. The molecule has 1 rings (SSSR count). The van der Waals surface area contributed by atoms with Gasteiger partial charge in [-0.1, -0.05) is 0 Å². The Balaban J connectivity index is 2.73. The molecule has 1 aliphatic heterocycles. The van der Waals surface area contributed by atoms with Crippen molar-refractivity contribution in [1.29, 1.82) is 0 Å². The Hall–Kier alpha value is -1.59. The van der Waals surface area contributed by atoms with Crippen LogP contribution in [0.25, 0.3) is 0 Å². The van der Waals surface area contributed by atoms with E-state index in [2.05, 4.69) is 4.74 Å². The van der Waals surface area contributed by atoms with E-state index in [1.807, 2.05) is 0 Å². The topological polar surface area (TPSA) is 72.7 Å². The number of rotatable bonds is 1. The third-order valence-electron chi connectivity index (χ3n) is 1.78. The van der Waals surface area contributed by atoms with E-state index in [1.165, 1.54) is 18.2 Å². The fraction of sp³-hybridized carbons (Fsp3) is 0.571. The molecule has 0 bridgehead atoms. The van der Waals surface area contributed by atoms with Crippen LogP contribution in [-0.2, 0) is 4.74 Å². The van der Waals surface area contributed by atoms with Crippen molar-refractivity contribution in [2.45, 2.75) is 12.8 Å². The first kappa shape index (κ1) is 9.50. The van der Waals surface area contributed by atoms with Gasteiger partial charge in [0.1, 0.15) is 0 Å². The van der Waals surface area contributed by atoms with E-state index in [-0.39, 0.29) is 5.70 Å². The van der Waals surface area contributed by atoms with Crippen LogP contribution in [0.4, 0.5) is 4.79 Å². The maximum Gasteiger partial charge on any atom is 0.413 e. The minimum absolute atomic E-state index is 0.0525. The van der Waals surface area contributed by atoms with Crippen LogP contribution in [0.5, 0.6) is 0 Å². The average Bonchev–Trinajstić information content (AvgIpc) is 2.17. The average molecular weight is 186 g/mol. The molecule has 72 valence electrons. The molecule has 0 unspecified atom stereocenters. The van der Waals surface area contributed by atoms with E-state index >= 15 is 0 Å². The van der Waals surface area contributed by atoms with Crippen molar-refractivity contribution in [2.75, 3.05) is 13.7 Å². The van der Waals surface area contributed by atoms with Crippen LogP contribution in [0, 0.1) is 10.1 Å². The number of nitrogens with zero attached hydrogens (tertiary/aromatic N) is 2. The van der Waals surface area contributed by atoms with E-state index in [9.17, 15) is 14.9 Å². The van der Waals surface area contributed by atoms with Gasteiger partial charge in [-0.3, -0.25) is 15.0 Å². The summed E-state index contributed by atoms with van der Waals surface area (Å²) < 4.78 is 4.44. The molecule has 0 atom stereocenters. The molecule has 0 aromatic heterocycles. The van der Waals surface area contributed by atoms with Crippen molar-refractivity contribution in [1.82, 2.24) is 4.90 Å². The molecule has 0 spiro atoms. The van der Waals surface area contributed by atoms with Crippen molar-refractivity contribution < 1.29 is 14.5 Å². The molecule has 6 nitrogen and oxygen atoms in total. The molecule has 0 fully saturated rings. The van der Waals surface area contributed by atoms with Crippen LogP contribution >= 0.6 is 0 Å².